The lowest BCUT2D eigenvalue weighted by Crippen LogP contribution is -2.44. The zero-order valence-electron chi connectivity index (χ0n) is 21.5. The van der Waals surface area contributed by atoms with Gasteiger partial charge in [-0.2, -0.15) is 4.57 Å². The minimum atomic E-state index is -0.553. The van der Waals surface area contributed by atoms with Crippen LogP contribution in [0.5, 0.6) is 5.75 Å². The third-order valence-electron chi connectivity index (χ3n) is 5.21. The van der Waals surface area contributed by atoms with Crippen LogP contribution in [0.4, 0.5) is 5.82 Å². The maximum atomic E-state index is 13.4. The highest BCUT2D eigenvalue weighted by Crippen LogP contribution is 2.25. The molecular formula is C26H22N3O2+. The highest BCUT2D eigenvalue weighted by atomic mass is 16.3. The molecule has 1 aliphatic rings. The number of aromatic hydroxyl groups is 1. The number of carbonyl (C=O) groups is 1. The summed E-state index contributed by atoms with van der Waals surface area (Å²) in [5.74, 6) is 0.335. The first-order valence-electron chi connectivity index (χ1n) is 12.4. The van der Waals surface area contributed by atoms with Crippen LogP contribution in [0.2, 0.25) is 0 Å². The number of carbonyl (C=O) groups excluding carboxylic acids is 1. The summed E-state index contributed by atoms with van der Waals surface area (Å²) >= 11 is 0. The summed E-state index contributed by atoms with van der Waals surface area (Å²) in [6, 6.07) is 13.5. The van der Waals surface area contributed by atoms with Crippen LogP contribution in [-0.2, 0) is 12.8 Å². The van der Waals surface area contributed by atoms with E-state index in [9.17, 15) is 9.90 Å². The number of benzene rings is 3. The maximum Gasteiger partial charge on any atom is 0.359 e. The number of anilines is 1. The van der Waals surface area contributed by atoms with Crippen molar-refractivity contribution < 1.29 is 21.3 Å². The Morgan fingerprint density at radius 3 is 2.48 bits per heavy atom. The Kier molecular flexibility index (Phi) is 3.65. The number of hydrogen-bond acceptors (Lipinski definition) is 4. The van der Waals surface area contributed by atoms with Crippen molar-refractivity contribution in [1.29, 1.82) is 0 Å². The van der Waals surface area contributed by atoms with E-state index in [1.54, 1.807) is 18.3 Å². The molecule has 1 unspecified atom stereocenters. The Morgan fingerprint density at radius 1 is 1.00 bits per heavy atom. The van der Waals surface area contributed by atoms with E-state index in [0.717, 1.165) is 5.56 Å². The summed E-state index contributed by atoms with van der Waals surface area (Å²) in [6.07, 6.45) is 1.99. The van der Waals surface area contributed by atoms with E-state index in [1.807, 2.05) is 30.3 Å². The molecule has 0 fully saturated rings. The molecule has 5 rings (SSSR count). The van der Waals surface area contributed by atoms with Crippen molar-refractivity contribution in [3.63, 3.8) is 0 Å². The Bertz CT molecular complexity index is 1470. The Morgan fingerprint density at radius 2 is 1.74 bits per heavy atom. The molecular weight excluding hydrogens is 386 g/mol. The van der Waals surface area contributed by atoms with Crippen LogP contribution in [0.25, 0.3) is 11.3 Å². The van der Waals surface area contributed by atoms with Crippen molar-refractivity contribution in [3.8, 4) is 17.0 Å². The molecule has 0 radical (unpaired) electrons. The minimum absolute atomic E-state index is 0.0741. The molecule has 1 aromatic heterocycles. The van der Waals surface area contributed by atoms with Gasteiger partial charge in [0.1, 0.15) is 23.3 Å². The Labute approximate surface area is 187 Å². The fourth-order valence-corrected chi connectivity index (χ4v) is 3.69. The first-order valence-corrected chi connectivity index (χ1v) is 9.90. The summed E-state index contributed by atoms with van der Waals surface area (Å²) in [6.45, 7) is 0. The molecule has 0 bridgehead atoms. The second-order valence-electron chi connectivity index (χ2n) is 7.34. The largest absolute Gasteiger partial charge is 0.508 e. The van der Waals surface area contributed by atoms with Gasteiger partial charge in [-0.3, -0.25) is 5.32 Å². The predicted molar refractivity (Wildman–Crippen MR) is 119 cm³/mol. The highest BCUT2D eigenvalue weighted by molar-refractivity contribution is 5.82. The summed E-state index contributed by atoms with van der Waals surface area (Å²) < 4.78 is 42.0. The van der Waals surface area contributed by atoms with Gasteiger partial charge in [0.05, 0.1) is 6.85 Å². The van der Waals surface area contributed by atoms with E-state index in [2.05, 4.69) is 5.32 Å². The van der Waals surface area contributed by atoms with E-state index in [-0.39, 0.29) is 35.7 Å². The van der Waals surface area contributed by atoms with Gasteiger partial charge >= 0.3 is 11.7 Å². The lowest BCUT2D eigenvalue weighted by atomic mass is 10.1. The maximum absolute atomic E-state index is 13.4. The normalized spacial score (nSPS) is 17.1. The van der Waals surface area contributed by atoms with Crippen molar-refractivity contribution in [2.45, 2.75) is 18.9 Å². The molecule has 1 atom stereocenters. The van der Waals surface area contributed by atoms with E-state index >= 15 is 0 Å². The van der Waals surface area contributed by atoms with E-state index in [0.29, 0.717) is 29.2 Å². The van der Waals surface area contributed by atoms with Crippen molar-refractivity contribution in [2.75, 3.05) is 5.32 Å². The number of fused-ring (bicyclic) bond motifs is 1. The van der Waals surface area contributed by atoms with Crippen LogP contribution in [0.3, 0.4) is 0 Å². The number of nitrogens with one attached hydrogen (secondary N) is 1. The van der Waals surface area contributed by atoms with E-state index < -0.39 is 24.2 Å². The van der Waals surface area contributed by atoms with Crippen LogP contribution in [0.1, 0.15) is 28.5 Å². The van der Waals surface area contributed by atoms with E-state index in [4.69, 9.17) is 11.8 Å². The van der Waals surface area contributed by atoms with Crippen LogP contribution in [0.15, 0.2) is 91.0 Å². The highest BCUT2D eigenvalue weighted by Gasteiger charge is 2.41. The van der Waals surface area contributed by atoms with Gasteiger partial charge in [0.2, 0.25) is 0 Å². The molecule has 0 aliphatic carbocycles. The number of phenols is 1. The average Bonchev–Trinajstić information content (AvgIpc) is 3.20. The molecule has 0 spiro atoms. The minimum Gasteiger partial charge on any atom is -0.508 e. The second kappa shape index (κ2) is 8.03. The summed E-state index contributed by atoms with van der Waals surface area (Å²) in [7, 11) is 0. The van der Waals surface area contributed by atoms with Gasteiger partial charge in [0.15, 0.2) is 6.04 Å². The van der Waals surface area contributed by atoms with Crippen LogP contribution in [-0.4, -0.2) is 22.0 Å². The first kappa shape index (κ1) is 14.1. The quantitative estimate of drug-likeness (QED) is 0.485. The number of hydrogen-bond donors (Lipinski definition) is 2. The molecule has 1 aliphatic heterocycles. The Balaban J connectivity index is 1.62. The molecule has 0 saturated heterocycles. The number of aromatic nitrogens is 2. The SMILES string of the molecule is [2H]c1c([2H])c([2H])c(Cc2nc(-c3ccc(O)cc3)c[n+]3c2NC(Cc2ccccc2)C3=O)c([2H])c1[2H]. The molecule has 5 nitrogen and oxygen atoms in total. The van der Waals surface area contributed by atoms with Crippen LogP contribution < -0.4 is 9.88 Å². The van der Waals surface area contributed by atoms with Crippen LogP contribution >= 0.6 is 0 Å². The lowest BCUT2D eigenvalue weighted by molar-refractivity contribution is -0.552. The molecule has 152 valence electrons. The van der Waals surface area contributed by atoms with E-state index in [1.165, 1.54) is 16.7 Å². The van der Waals surface area contributed by atoms with Gasteiger partial charge in [0.25, 0.3) is 0 Å². The lowest BCUT2D eigenvalue weighted by Gasteiger charge is -2.07. The van der Waals surface area contributed by atoms with Gasteiger partial charge in [-0.05, 0) is 35.4 Å². The fourth-order valence-electron chi connectivity index (χ4n) is 3.69. The summed E-state index contributed by atoms with van der Waals surface area (Å²) in [5, 5.41) is 12.9. The molecule has 2 heterocycles. The smallest absolute Gasteiger partial charge is 0.359 e. The van der Waals surface area contributed by atoms with Gasteiger partial charge in [-0.15, -0.1) is 0 Å². The molecule has 4 aromatic rings. The molecule has 5 heteroatoms. The van der Waals surface area contributed by atoms with Gasteiger partial charge in [0, 0.05) is 18.4 Å². The standard InChI is InChI=1S/C26H21N3O2/c30-21-13-11-20(12-14-21)24-17-29-25(22(27-24)15-18-7-3-1-4-8-18)28-23(26(29)31)16-19-9-5-2-6-10-19/h1-14,17,23,30H,15-16H2/p+1/i1D,3D,4D,7D,8D. The third-order valence-corrected chi connectivity index (χ3v) is 5.21. The number of rotatable bonds is 5. The molecule has 3 aromatic carbocycles. The van der Waals surface area contributed by atoms with Crippen molar-refractivity contribution in [1.82, 2.24) is 4.98 Å². The molecule has 0 saturated carbocycles. The van der Waals surface area contributed by atoms with Gasteiger partial charge < -0.3 is 5.11 Å². The third kappa shape index (κ3) is 3.90. The van der Waals surface area contributed by atoms with Crippen LogP contribution in [0, 0.1) is 0 Å². The van der Waals surface area contributed by atoms with Crippen molar-refractivity contribution in [2.24, 2.45) is 0 Å². The summed E-state index contributed by atoms with van der Waals surface area (Å²) in [4.78, 5) is 18.1. The average molecular weight is 414 g/mol. The van der Waals surface area contributed by atoms with Gasteiger partial charge in [-0.1, -0.05) is 60.5 Å². The zero-order chi connectivity index (χ0) is 25.6. The fraction of sp³-hybridized carbons (Fsp3) is 0.115. The molecule has 31 heavy (non-hydrogen) atoms. The zero-order valence-corrected chi connectivity index (χ0v) is 16.5. The predicted octanol–water partition coefficient (Wildman–Crippen LogP) is 4.01. The topological polar surface area (TPSA) is 66.1 Å². The number of nitrogens with zero attached hydrogens (tertiary/aromatic N) is 2. The van der Waals surface area contributed by atoms with Gasteiger partial charge in [-0.25, -0.2) is 9.78 Å². The van der Waals surface area contributed by atoms with Crippen molar-refractivity contribution >= 4 is 11.7 Å². The summed E-state index contributed by atoms with van der Waals surface area (Å²) in [5.41, 5.74) is 2.57. The molecule has 0 amide bonds. The monoisotopic (exact) mass is 413 g/mol. The second-order valence-corrected chi connectivity index (χ2v) is 7.34. The van der Waals surface area contributed by atoms with Crippen molar-refractivity contribution in [3.05, 3.63) is 108 Å². The Hall–Kier alpha value is -3.99. The number of phenolic OH excluding ortho intramolecular Hbond substituents is 1. The molecule has 2 N–H and O–H groups in total. The first-order chi connectivity index (χ1) is 17.2.